The second-order valence-electron chi connectivity index (χ2n) is 4.37. The number of hydrogen-bond acceptors (Lipinski definition) is 2. The van der Waals surface area contributed by atoms with Crippen LogP contribution in [0.2, 0.25) is 0 Å². The van der Waals surface area contributed by atoms with E-state index in [4.69, 9.17) is 5.11 Å². The Hall–Kier alpha value is -1.51. The van der Waals surface area contributed by atoms with Crippen molar-refractivity contribution in [2.24, 2.45) is 5.92 Å². The van der Waals surface area contributed by atoms with Crippen LogP contribution in [-0.4, -0.2) is 24.2 Å². The maximum atomic E-state index is 10.5. The molecule has 3 nitrogen and oxygen atoms in total. The number of nitrogens with zero attached hydrogens (tertiary/aromatic N) is 1. The number of para-hydroxylation sites is 1. The van der Waals surface area contributed by atoms with Gasteiger partial charge < -0.3 is 10.0 Å². The summed E-state index contributed by atoms with van der Waals surface area (Å²) >= 11 is 0. The van der Waals surface area contributed by atoms with Crippen molar-refractivity contribution < 1.29 is 9.90 Å². The van der Waals surface area contributed by atoms with Gasteiger partial charge in [-0.25, -0.2) is 0 Å². The van der Waals surface area contributed by atoms with E-state index < -0.39 is 5.97 Å². The van der Waals surface area contributed by atoms with Crippen LogP contribution >= 0.6 is 0 Å². The van der Waals surface area contributed by atoms with E-state index in [0.717, 1.165) is 25.9 Å². The van der Waals surface area contributed by atoms with Crippen molar-refractivity contribution in [2.75, 3.05) is 18.0 Å². The summed E-state index contributed by atoms with van der Waals surface area (Å²) in [6.45, 7) is 2.05. The van der Waals surface area contributed by atoms with Crippen molar-refractivity contribution in [1.82, 2.24) is 0 Å². The SMILES string of the molecule is O=C(O)CCC1CCN(c2ccccc2)C1. The summed E-state index contributed by atoms with van der Waals surface area (Å²) in [5, 5.41) is 8.64. The molecule has 86 valence electrons. The van der Waals surface area contributed by atoms with E-state index in [2.05, 4.69) is 17.0 Å². The van der Waals surface area contributed by atoms with E-state index in [-0.39, 0.29) is 0 Å². The van der Waals surface area contributed by atoms with Crippen LogP contribution in [0.3, 0.4) is 0 Å². The summed E-state index contributed by atoms with van der Waals surface area (Å²) in [6, 6.07) is 10.3. The molecule has 1 aliphatic rings. The molecule has 1 unspecified atom stereocenters. The Bertz CT molecular complexity index is 350. The highest BCUT2D eigenvalue weighted by Gasteiger charge is 2.22. The summed E-state index contributed by atoms with van der Waals surface area (Å²) in [6.07, 6.45) is 2.22. The van der Waals surface area contributed by atoms with E-state index in [0.29, 0.717) is 12.3 Å². The molecule has 1 saturated heterocycles. The molecule has 0 radical (unpaired) electrons. The maximum absolute atomic E-state index is 10.5. The van der Waals surface area contributed by atoms with E-state index in [9.17, 15) is 4.79 Å². The minimum absolute atomic E-state index is 0.299. The van der Waals surface area contributed by atoms with Crippen LogP contribution in [0.15, 0.2) is 30.3 Å². The second kappa shape index (κ2) is 5.01. The molecule has 2 rings (SSSR count). The number of benzene rings is 1. The molecule has 1 heterocycles. The van der Waals surface area contributed by atoms with Gasteiger partial charge in [-0.2, -0.15) is 0 Å². The van der Waals surface area contributed by atoms with Crippen LogP contribution < -0.4 is 4.90 Å². The Morgan fingerprint density at radius 2 is 2.12 bits per heavy atom. The van der Waals surface area contributed by atoms with Crippen LogP contribution in [0.25, 0.3) is 0 Å². The molecule has 0 aliphatic carbocycles. The lowest BCUT2D eigenvalue weighted by Gasteiger charge is -2.18. The highest BCUT2D eigenvalue weighted by atomic mass is 16.4. The molecule has 0 spiro atoms. The summed E-state index contributed by atoms with van der Waals surface area (Å²) in [4.78, 5) is 12.8. The van der Waals surface area contributed by atoms with E-state index in [1.54, 1.807) is 0 Å². The maximum Gasteiger partial charge on any atom is 0.303 e. The lowest BCUT2D eigenvalue weighted by molar-refractivity contribution is -0.137. The molecular formula is C13H17NO2. The third kappa shape index (κ3) is 2.75. The van der Waals surface area contributed by atoms with Crippen LogP contribution in [0.4, 0.5) is 5.69 Å². The topological polar surface area (TPSA) is 40.5 Å². The van der Waals surface area contributed by atoms with Gasteiger partial charge in [-0.05, 0) is 30.9 Å². The Kier molecular flexibility index (Phi) is 3.44. The molecule has 1 aromatic carbocycles. The second-order valence-corrected chi connectivity index (χ2v) is 4.37. The lowest BCUT2D eigenvalue weighted by Crippen LogP contribution is -2.19. The van der Waals surface area contributed by atoms with Gasteiger partial charge >= 0.3 is 5.97 Å². The predicted octanol–water partition coefficient (Wildman–Crippen LogP) is 2.38. The Morgan fingerprint density at radius 1 is 1.38 bits per heavy atom. The zero-order chi connectivity index (χ0) is 11.4. The number of hydrogen-bond donors (Lipinski definition) is 1. The summed E-state index contributed by atoms with van der Waals surface area (Å²) in [5.74, 6) is -0.144. The molecule has 1 fully saturated rings. The zero-order valence-electron chi connectivity index (χ0n) is 9.30. The van der Waals surface area contributed by atoms with Gasteiger partial charge in [0.1, 0.15) is 0 Å². The van der Waals surface area contributed by atoms with Crippen LogP contribution in [-0.2, 0) is 4.79 Å². The predicted molar refractivity (Wildman–Crippen MR) is 63.6 cm³/mol. The molecule has 0 amide bonds. The largest absolute Gasteiger partial charge is 0.481 e. The van der Waals surface area contributed by atoms with Crippen molar-refractivity contribution in [2.45, 2.75) is 19.3 Å². The molecule has 1 atom stereocenters. The number of rotatable bonds is 4. The highest BCUT2D eigenvalue weighted by molar-refractivity contribution is 5.66. The Balaban J connectivity index is 1.86. The first-order chi connectivity index (χ1) is 7.75. The zero-order valence-corrected chi connectivity index (χ0v) is 9.30. The normalized spacial score (nSPS) is 20.0. The molecule has 1 aliphatic heterocycles. The number of carbonyl (C=O) groups is 1. The molecule has 3 heteroatoms. The van der Waals surface area contributed by atoms with E-state index >= 15 is 0 Å². The smallest absolute Gasteiger partial charge is 0.303 e. The van der Waals surface area contributed by atoms with Gasteiger partial charge in [0.15, 0.2) is 0 Å². The number of anilines is 1. The highest BCUT2D eigenvalue weighted by Crippen LogP contribution is 2.26. The van der Waals surface area contributed by atoms with Crippen molar-refractivity contribution in [1.29, 1.82) is 0 Å². The van der Waals surface area contributed by atoms with Crippen molar-refractivity contribution >= 4 is 11.7 Å². The van der Waals surface area contributed by atoms with E-state index in [1.165, 1.54) is 5.69 Å². The molecule has 1 N–H and O–H groups in total. The van der Waals surface area contributed by atoms with Crippen LogP contribution in [0.5, 0.6) is 0 Å². The number of carboxylic acids is 1. The fourth-order valence-electron chi connectivity index (χ4n) is 2.27. The molecule has 1 aromatic rings. The van der Waals surface area contributed by atoms with Gasteiger partial charge in [-0.15, -0.1) is 0 Å². The number of aliphatic carboxylic acids is 1. The van der Waals surface area contributed by atoms with Crippen LogP contribution in [0.1, 0.15) is 19.3 Å². The monoisotopic (exact) mass is 219 g/mol. The average Bonchev–Trinajstić information content (AvgIpc) is 2.76. The standard InChI is InChI=1S/C13H17NO2/c15-13(16)7-6-11-8-9-14(10-11)12-4-2-1-3-5-12/h1-5,11H,6-10H2,(H,15,16). The Morgan fingerprint density at radius 3 is 2.81 bits per heavy atom. The quantitative estimate of drug-likeness (QED) is 0.845. The Labute approximate surface area is 95.7 Å². The first-order valence-corrected chi connectivity index (χ1v) is 5.77. The third-order valence-corrected chi connectivity index (χ3v) is 3.17. The minimum atomic E-state index is -0.682. The molecule has 16 heavy (non-hydrogen) atoms. The summed E-state index contributed by atoms with van der Waals surface area (Å²) < 4.78 is 0. The summed E-state index contributed by atoms with van der Waals surface area (Å²) in [5.41, 5.74) is 1.25. The first kappa shape index (κ1) is 11.0. The van der Waals surface area contributed by atoms with Gasteiger partial charge in [0, 0.05) is 25.2 Å². The summed E-state index contributed by atoms with van der Waals surface area (Å²) in [7, 11) is 0. The van der Waals surface area contributed by atoms with Gasteiger partial charge in [-0.1, -0.05) is 18.2 Å². The van der Waals surface area contributed by atoms with Crippen molar-refractivity contribution in [3.63, 3.8) is 0 Å². The van der Waals surface area contributed by atoms with Crippen LogP contribution in [0, 0.1) is 5.92 Å². The molecule has 0 bridgehead atoms. The molecule has 0 aromatic heterocycles. The van der Waals surface area contributed by atoms with Gasteiger partial charge in [0.05, 0.1) is 0 Å². The van der Waals surface area contributed by atoms with Crippen molar-refractivity contribution in [3.8, 4) is 0 Å². The minimum Gasteiger partial charge on any atom is -0.481 e. The number of carboxylic acid groups (broad SMARTS) is 1. The fraction of sp³-hybridized carbons (Fsp3) is 0.462. The fourth-order valence-corrected chi connectivity index (χ4v) is 2.27. The van der Waals surface area contributed by atoms with Gasteiger partial charge in [-0.3, -0.25) is 4.79 Å². The average molecular weight is 219 g/mol. The molecule has 0 saturated carbocycles. The van der Waals surface area contributed by atoms with Gasteiger partial charge in [0.25, 0.3) is 0 Å². The lowest BCUT2D eigenvalue weighted by atomic mass is 10.0. The molecular weight excluding hydrogens is 202 g/mol. The van der Waals surface area contributed by atoms with E-state index in [1.807, 2.05) is 18.2 Å². The third-order valence-electron chi connectivity index (χ3n) is 3.17. The van der Waals surface area contributed by atoms with Crippen molar-refractivity contribution in [3.05, 3.63) is 30.3 Å². The first-order valence-electron chi connectivity index (χ1n) is 5.77. The van der Waals surface area contributed by atoms with Gasteiger partial charge in [0.2, 0.25) is 0 Å².